The molecule has 0 fully saturated rings. The number of carbonyl (C=O) groups is 5. The number of amides is 2. The summed E-state index contributed by atoms with van der Waals surface area (Å²) in [5, 5.41) is 22.3. The van der Waals surface area contributed by atoms with Crippen molar-refractivity contribution < 1.29 is 52.1 Å². The second kappa shape index (κ2) is 13.2. The van der Waals surface area contributed by atoms with Gasteiger partial charge in [0, 0.05) is 29.8 Å². The number of fused-ring (bicyclic) bond motifs is 1. The average molecular weight is 620 g/mol. The van der Waals surface area contributed by atoms with Crippen LogP contribution in [0, 0.1) is 5.92 Å². The fourth-order valence-corrected chi connectivity index (χ4v) is 6.18. The predicted molar refractivity (Wildman–Crippen MR) is 153 cm³/mol. The number of anilines is 2. The predicted octanol–water partition coefficient (Wildman–Crippen LogP) is 1.84. The highest BCUT2D eigenvalue weighted by Crippen LogP contribution is 2.50. The van der Waals surface area contributed by atoms with Crippen molar-refractivity contribution in [2.24, 2.45) is 5.92 Å². The highest BCUT2D eigenvalue weighted by atomic mass is 32.2. The number of sulfone groups is 1. The molecule has 0 saturated heterocycles. The molecule has 2 aromatic rings. The molecular weight excluding hydrogens is 586 g/mol. The molecule has 1 aromatic heterocycles. The number of carbonyl (C=O) groups excluding carboxylic acids is 3. The molecule has 0 spiro atoms. The molecule has 43 heavy (non-hydrogen) atoms. The first-order chi connectivity index (χ1) is 20.1. The molecule has 0 bridgehead atoms. The Hall–Kier alpha value is -4.53. The fraction of sp³-hybridized carbons (Fsp3) is 0.429. The summed E-state index contributed by atoms with van der Waals surface area (Å²) in [5.74, 6) is -11.3. The second-order valence-corrected chi connectivity index (χ2v) is 12.6. The van der Waals surface area contributed by atoms with Gasteiger partial charge >= 0.3 is 17.8 Å². The van der Waals surface area contributed by atoms with E-state index in [1.54, 1.807) is 20.8 Å². The van der Waals surface area contributed by atoms with Crippen LogP contribution in [0.15, 0.2) is 30.3 Å². The molecule has 3 unspecified atom stereocenters. The summed E-state index contributed by atoms with van der Waals surface area (Å²) in [6.45, 7) is 5.40. The molecule has 232 valence electrons. The minimum absolute atomic E-state index is 0.0239. The minimum Gasteiger partial charge on any atom is -0.491 e. The number of methoxy groups -OCH3 is 1. The van der Waals surface area contributed by atoms with Gasteiger partial charge in [-0.15, -0.1) is 0 Å². The number of pyridine rings is 1. The number of hydrogen-bond donors (Lipinski definition) is 3. The van der Waals surface area contributed by atoms with Gasteiger partial charge in [-0.05, 0) is 37.1 Å². The molecule has 2 heterocycles. The number of Topliss-reactive ketones (excluding diaryl/α,β-unsaturated/α-hetero) is 1. The standard InChI is InChI=1S/C28H33N3O11S/c1-6-42-25-19(41-4)11-10-16(30-25)15(13-43(5,39)40)23-22(24(33)27(35)36)21-17(29-20(32)12-14(2)3)8-7-9-18(21)31(23)26(34)28(37)38/h7-11,14-15,22-23H,6,12-13H2,1-5H3,(H,29,32)(H,35,36)(H,37,38). The van der Waals surface area contributed by atoms with Gasteiger partial charge in [-0.25, -0.2) is 23.0 Å². The summed E-state index contributed by atoms with van der Waals surface area (Å²) in [6, 6.07) is 5.14. The van der Waals surface area contributed by atoms with Gasteiger partial charge in [-0.3, -0.25) is 19.3 Å². The molecule has 3 rings (SSSR count). The molecule has 3 N–H and O–H groups in total. The zero-order valence-electron chi connectivity index (χ0n) is 24.2. The van der Waals surface area contributed by atoms with Crippen molar-refractivity contribution in [1.82, 2.24) is 4.98 Å². The van der Waals surface area contributed by atoms with E-state index in [0.29, 0.717) is 4.90 Å². The summed E-state index contributed by atoms with van der Waals surface area (Å²) in [4.78, 5) is 68.8. The van der Waals surface area contributed by atoms with Crippen LogP contribution >= 0.6 is 0 Å². The van der Waals surface area contributed by atoms with Crippen molar-refractivity contribution in [1.29, 1.82) is 0 Å². The number of nitrogens with one attached hydrogen (secondary N) is 1. The summed E-state index contributed by atoms with van der Waals surface area (Å²) >= 11 is 0. The first-order valence-electron chi connectivity index (χ1n) is 13.2. The molecular formula is C28H33N3O11S. The van der Waals surface area contributed by atoms with Crippen LogP contribution in [0.1, 0.15) is 50.3 Å². The van der Waals surface area contributed by atoms with Crippen molar-refractivity contribution in [2.75, 3.05) is 35.9 Å². The Morgan fingerprint density at radius 1 is 1.07 bits per heavy atom. The van der Waals surface area contributed by atoms with Gasteiger partial charge in [0.2, 0.25) is 11.7 Å². The number of nitrogens with zero attached hydrogens (tertiary/aromatic N) is 2. The number of aromatic nitrogens is 1. The zero-order valence-corrected chi connectivity index (χ0v) is 25.0. The Bertz CT molecular complexity index is 1550. The molecule has 0 aliphatic carbocycles. The van der Waals surface area contributed by atoms with Gasteiger partial charge in [0.1, 0.15) is 9.84 Å². The molecule has 0 saturated carbocycles. The Morgan fingerprint density at radius 3 is 2.28 bits per heavy atom. The number of carboxylic acid groups (broad SMARTS) is 2. The van der Waals surface area contributed by atoms with Crippen LogP contribution in [0.2, 0.25) is 0 Å². The molecule has 1 aliphatic heterocycles. The molecule has 15 heteroatoms. The number of carboxylic acids is 2. The van der Waals surface area contributed by atoms with E-state index in [2.05, 4.69) is 10.3 Å². The molecule has 14 nitrogen and oxygen atoms in total. The second-order valence-electron chi connectivity index (χ2n) is 10.4. The summed E-state index contributed by atoms with van der Waals surface area (Å²) < 4.78 is 36.3. The highest BCUT2D eigenvalue weighted by molar-refractivity contribution is 7.90. The molecule has 2 amide bonds. The Kier molecular flexibility index (Phi) is 10.1. The van der Waals surface area contributed by atoms with Crippen LogP contribution in [-0.2, 0) is 33.8 Å². The summed E-state index contributed by atoms with van der Waals surface area (Å²) in [7, 11) is -2.59. The molecule has 1 aromatic carbocycles. The first-order valence-corrected chi connectivity index (χ1v) is 15.3. The maximum Gasteiger partial charge on any atom is 0.394 e. The van der Waals surface area contributed by atoms with E-state index in [-0.39, 0.29) is 53.2 Å². The number of ketones is 1. The van der Waals surface area contributed by atoms with E-state index in [1.807, 2.05) is 0 Å². The lowest BCUT2D eigenvalue weighted by Gasteiger charge is -2.33. The fourth-order valence-electron chi connectivity index (χ4n) is 5.16. The largest absolute Gasteiger partial charge is 0.491 e. The van der Waals surface area contributed by atoms with Crippen LogP contribution in [0.3, 0.4) is 0 Å². The third-order valence-electron chi connectivity index (χ3n) is 6.68. The van der Waals surface area contributed by atoms with Gasteiger partial charge in [0.25, 0.3) is 5.88 Å². The van der Waals surface area contributed by atoms with E-state index in [1.165, 1.54) is 37.4 Å². The van der Waals surface area contributed by atoms with E-state index in [9.17, 15) is 42.6 Å². The number of benzene rings is 1. The van der Waals surface area contributed by atoms with Gasteiger partial charge in [-0.1, -0.05) is 19.9 Å². The quantitative estimate of drug-likeness (QED) is 0.291. The third-order valence-corrected chi connectivity index (χ3v) is 7.64. The number of hydrogen-bond acceptors (Lipinski definition) is 10. The number of rotatable bonds is 12. The van der Waals surface area contributed by atoms with Crippen LogP contribution in [0.25, 0.3) is 0 Å². The van der Waals surface area contributed by atoms with Gasteiger partial charge in [0.15, 0.2) is 5.75 Å². The normalized spacial score (nSPS) is 16.7. The van der Waals surface area contributed by atoms with E-state index >= 15 is 0 Å². The van der Waals surface area contributed by atoms with Crippen LogP contribution in [-0.4, -0.2) is 84.9 Å². The lowest BCUT2D eigenvalue weighted by Crippen LogP contribution is -2.49. The van der Waals surface area contributed by atoms with Gasteiger partial charge in [0.05, 0.1) is 42.8 Å². The van der Waals surface area contributed by atoms with E-state index in [4.69, 9.17) is 9.47 Å². The summed E-state index contributed by atoms with van der Waals surface area (Å²) in [5.41, 5.74) is -0.367. The maximum atomic E-state index is 13.4. The van der Waals surface area contributed by atoms with E-state index in [0.717, 1.165) is 6.26 Å². The van der Waals surface area contributed by atoms with Crippen LogP contribution in [0.5, 0.6) is 11.6 Å². The van der Waals surface area contributed by atoms with Crippen molar-refractivity contribution in [2.45, 2.75) is 45.1 Å². The van der Waals surface area contributed by atoms with Crippen LogP contribution < -0.4 is 19.7 Å². The zero-order chi connectivity index (χ0) is 32.2. The third kappa shape index (κ3) is 7.28. The minimum atomic E-state index is -3.94. The van der Waals surface area contributed by atoms with Gasteiger partial charge < -0.3 is 25.0 Å². The van der Waals surface area contributed by atoms with Crippen molar-refractivity contribution in [3.8, 4) is 11.6 Å². The lowest BCUT2D eigenvalue weighted by molar-refractivity contribution is -0.150. The number of ether oxygens (including phenoxy) is 2. The van der Waals surface area contributed by atoms with E-state index < -0.39 is 63.0 Å². The summed E-state index contributed by atoms with van der Waals surface area (Å²) in [6.07, 6.45) is 0.957. The molecule has 1 aliphatic rings. The highest BCUT2D eigenvalue weighted by Gasteiger charge is 2.54. The maximum absolute atomic E-state index is 13.4. The average Bonchev–Trinajstić information content (AvgIpc) is 3.25. The van der Waals surface area contributed by atoms with Crippen molar-refractivity contribution in [3.05, 3.63) is 41.6 Å². The molecule has 0 radical (unpaired) electrons. The van der Waals surface area contributed by atoms with Crippen molar-refractivity contribution >= 4 is 50.7 Å². The lowest BCUT2D eigenvalue weighted by atomic mass is 9.81. The topological polar surface area (TPSA) is 207 Å². The van der Waals surface area contributed by atoms with Crippen molar-refractivity contribution in [3.63, 3.8) is 0 Å². The van der Waals surface area contributed by atoms with Gasteiger partial charge in [-0.2, -0.15) is 0 Å². The Labute approximate surface area is 247 Å². The molecule has 3 atom stereocenters. The Morgan fingerprint density at radius 2 is 1.74 bits per heavy atom. The monoisotopic (exact) mass is 619 g/mol. The smallest absolute Gasteiger partial charge is 0.394 e. The number of aliphatic carboxylic acids is 2. The van der Waals surface area contributed by atoms with Crippen LogP contribution in [0.4, 0.5) is 11.4 Å². The SMILES string of the molecule is CCOc1nc(C(CS(C)(=O)=O)C2C(C(=O)C(=O)O)c3c(NC(=O)CC(C)C)cccc3N2C(=O)C(=O)O)ccc1OC. The first kappa shape index (κ1) is 33.0. The Balaban J connectivity index is 2.39.